The van der Waals surface area contributed by atoms with Crippen LogP contribution in [-0.2, 0) is 4.74 Å². The van der Waals surface area contributed by atoms with Crippen molar-refractivity contribution in [2.75, 3.05) is 32.7 Å². The van der Waals surface area contributed by atoms with E-state index >= 15 is 0 Å². The lowest BCUT2D eigenvalue weighted by atomic mass is 9.97. The molecule has 2 rings (SSSR count). The van der Waals surface area contributed by atoms with Gasteiger partial charge in [0, 0.05) is 32.7 Å². The summed E-state index contributed by atoms with van der Waals surface area (Å²) in [6.07, 6.45) is 4.21. The Morgan fingerprint density at radius 2 is 1.80 bits per heavy atom. The van der Waals surface area contributed by atoms with Crippen LogP contribution in [-0.4, -0.2) is 60.2 Å². The average Bonchev–Trinajstić information content (AvgIpc) is 2.51. The van der Waals surface area contributed by atoms with Gasteiger partial charge in [0.15, 0.2) is 5.96 Å². The quantitative estimate of drug-likeness (QED) is 0.385. The largest absolute Gasteiger partial charge is 0.444 e. The van der Waals surface area contributed by atoms with Crippen molar-refractivity contribution in [2.24, 2.45) is 22.6 Å². The van der Waals surface area contributed by atoms with Gasteiger partial charge in [0.2, 0.25) is 0 Å². The minimum Gasteiger partial charge on any atom is -0.444 e. The third-order valence-corrected chi connectivity index (χ3v) is 4.76. The highest BCUT2D eigenvalue weighted by Crippen LogP contribution is 2.20. The summed E-state index contributed by atoms with van der Waals surface area (Å²) in [5.41, 5.74) is 5.73. The molecule has 0 aliphatic carbocycles. The number of hydrogen-bond donors (Lipinski definition) is 1. The Morgan fingerprint density at radius 1 is 1.16 bits per heavy atom. The Labute approximate surface area is 169 Å². The molecule has 146 valence electrons. The number of guanidine groups is 1. The van der Waals surface area contributed by atoms with Crippen LogP contribution in [0.2, 0.25) is 0 Å². The fourth-order valence-corrected chi connectivity index (χ4v) is 3.34. The standard InChI is InChI=1S/C18H34N4O2.HI/c1-14-6-5-9-22(13-14)16(19)20-12-15-7-10-21(11-8-15)17(23)24-18(2,3)4;/h14-15H,5-13H2,1-4H3,(H2,19,20);1H. The van der Waals surface area contributed by atoms with Crippen LogP contribution in [0.25, 0.3) is 0 Å². The Hall–Kier alpha value is -0.730. The molecular formula is C18H35IN4O2. The summed E-state index contributed by atoms with van der Waals surface area (Å²) in [7, 11) is 0. The van der Waals surface area contributed by atoms with E-state index in [4.69, 9.17) is 10.5 Å². The van der Waals surface area contributed by atoms with Crippen LogP contribution in [0.15, 0.2) is 4.99 Å². The number of rotatable bonds is 2. The van der Waals surface area contributed by atoms with Crippen LogP contribution in [0.5, 0.6) is 0 Å². The first-order valence-electron chi connectivity index (χ1n) is 9.27. The van der Waals surface area contributed by atoms with E-state index in [-0.39, 0.29) is 30.1 Å². The smallest absolute Gasteiger partial charge is 0.410 e. The topological polar surface area (TPSA) is 71.2 Å². The molecule has 0 aromatic heterocycles. The molecule has 1 amide bonds. The van der Waals surface area contributed by atoms with Gasteiger partial charge in [0.05, 0.1) is 0 Å². The van der Waals surface area contributed by atoms with Gasteiger partial charge in [0.1, 0.15) is 5.60 Å². The molecule has 6 nitrogen and oxygen atoms in total. The zero-order valence-corrected chi connectivity index (χ0v) is 18.5. The number of ether oxygens (including phenoxy) is 1. The Morgan fingerprint density at radius 3 is 2.36 bits per heavy atom. The Bertz CT molecular complexity index is 456. The van der Waals surface area contributed by atoms with E-state index in [1.165, 1.54) is 12.8 Å². The molecule has 0 radical (unpaired) electrons. The lowest BCUT2D eigenvalue weighted by Crippen LogP contribution is -2.44. The van der Waals surface area contributed by atoms with Crippen LogP contribution in [0.3, 0.4) is 0 Å². The minimum atomic E-state index is -0.432. The number of carbonyl (C=O) groups excluding carboxylic acids is 1. The molecule has 25 heavy (non-hydrogen) atoms. The molecule has 0 saturated carbocycles. The molecule has 2 heterocycles. The number of halogens is 1. The zero-order valence-electron chi connectivity index (χ0n) is 16.2. The number of carbonyl (C=O) groups is 1. The number of amides is 1. The highest BCUT2D eigenvalue weighted by Gasteiger charge is 2.27. The van der Waals surface area contributed by atoms with Crippen molar-refractivity contribution >= 4 is 36.0 Å². The van der Waals surface area contributed by atoms with Crippen molar-refractivity contribution in [3.05, 3.63) is 0 Å². The van der Waals surface area contributed by atoms with E-state index in [1.54, 1.807) is 4.90 Å². The fourth-order valence-electron chi connectivity index (χ4n) is 3.34. The SMILES string of the molecule is CC1CCCN(C(N)=NCC2CCN(C(=O)OC(C)(C)C)CC2)C1.I. The Balaban J connectivity index is 0.00000312. The summed E-state index contributed by atoms with van der Waals surface area (Å²) in [6.45, 7) is 12.3. The summed E-state index contributed by atoms with van der Waals surface area (Å²) in [5.74, 6) is 1.89. The third-order valence-electron chi connectivity index (χ3n) is 4.76. The van der Waals surface area contributed by atoms with E-state index in [0.29, 0.717) is 17.8 Å². The monoisotopic (exact) mass is 466 g/mol. The van der Waals surface area contributed by atoms with Crippen molar-refractivity contribution in [1.29, 1.82) is 0 Å². The summed E-state index contributed by atoms with van der Waals surface area (Å²) < 4.78 is 5.43. The van der Waals surface area contributed by atoms with Gasteiger partial charge in [-0.3, -0.25) is 4.99 Å². The molecule has 0 bridgehead atoms. The zero-order chi connectivity index (χ0) is 17.7. The lowest BCUT2D eigenvalue weighted by molar-refractivity contribution is 0.0187. The first-order chi connectivity index (χ1) is 11.2. The number of nitrogens with two attached hydrogens (primary N) is 1. The molecule has 0 aromatic carbocycles. The molecule has 1 unspecified atom stereocenters. The summed E-state index contributed by atoms with van der Waals surface area (Å²) >= 11 is 0. The number of piperidine rings is 2. The van der Waals surface area contributed by atoms with Crippen molar-refractivity contribution in [1.82, 2.24) is 9.80 Å². The number of aliphatic imine (C=N–C) groups is 1. The van der Waals surface area contributed by atoms with E-state index in [2.05, 4.69) is 16.8 Å². The second-order valence-corrected chi connectivity index (χ2v) is 8.30. The third kappa shape index (κ3) is 7.58. The molecule has 2 fully saturated rings. The predicted molar refractivity (Wildman–Crippen MR) is 112 cm³/mol. The molecule has 2 aliphatic heterocycles. The Kier molecular flexibility index (Phi) is 8.77. The molecule has 1 atom stereocenters. The van der Waals surface area contributed by atoms with Crippen LogP contribution < -0.4 is 5.73 Å². The molecule has 7 heteroatoms. The summed E-state index contributed by atoms with van der Waals surface area (Å²) in [6, 6.07) is 0. The molecular weight excluding hydrogens is 431 g/mol. The maximum atomic E-state index is 12.1. The van der Waals surface area contributed by atoms with E-state index < -0.39 is 5.60 Å². The first-order valence-corrected chi connectivity index (χ1v) is 9.27. The molecule has 0 aromatic rings. The molecule has 2 N–H and O–H groups in total. The fraction of sp³-hybridized carbons (Fsp3) is 0.889. The summed E-state index contributed by atoms with van der Waals surface area (Å²) in [4.78, 5) is 20.7. The van der Waals surface area contributed by atoms with Gasteiger partial charge in [-0.25, -0.2) is 4.79 Å². The minimum absolute atomic E-state index is 0. The van der Waals surface area contributed by atoms with Crippen molar-refractivity contribution in [3.63, 3.8) is 0 Å². The van der Waals surface area contributed by atoms with Gasteiger partial charge in [-0.2, -0.15) is 0 Å². The molecule has 2 aliphatic rings. The van der Waals surface area contributed by atoms with Crippen molar-refractivity contribution < 1.29 is 9.53 Å². The average molecular weight is 466 g/mol. The predicted octanol–water partition coefficient (Wildman–Crippen LogP) is 3.30. The van der Waals surface area contributed by atoms with E-state index in [1.807, 2.05) is 20.8 Å². The van der Waals surface area contributed by atoms with Gasteiger partial charge in [-0.15, -0.1) is 24.0 Å². The van der Waals surface area contributed by atoms with Crippen molar-refractivity contribution in [3.8, 4) is 0 Å². The second kappa shape index (κ2) is 9.83. The maximum Gasteiger partial charge on any atom is 0.410 e. The van der Waals surface area contributed by atoms with E-state index in [0.717, 1.165) is 45.6 Å². The van der Waals surface area contributed by atoms with Crippen LogP contribution in [0, 0.1) is 11.8 Å². The number of hydrogen-bond acceptors (Lipinski definition) is 3. The van der Waals surface area contributed by atoms with Gasteiger partial charge in [0.25, 0.3) is 0 Å². The highest BCUT2D eigenvalue weighted by atomic mass is 127. The molecule has 0 spiro atoms. The molecule has 2 saturated heterocycles. The van der Waals surface area contributed by atoms with Crippen molar-refractivity contribution in [2.45, 2.75) is 59.0 Å². The van der Waals surface area contributed by atoms with Crippen LogP contribution >= 0.6 is 24.0 Å². The first kappa shape index (κ1) is 22.3. The summed E-state index contributed by atoms with van der Waals surface area (Å²) in [5, 5.41) is 0. The van der Waals surface area contributed by atoms with Gasteiger partial charge in [-0.05, 0) is 58.3 Å². The number of likely N-dealkylation sites (tertiary alicyclic amines) is 2. The lowest BCUT2D eigenvalue weighted by Gasteiger charge is -2.34. The van der Waals surface area contributed by atoms with Gasteiger partial charge in [-0.1, -0.05) is 6.92 Å². The van der Waals surface area contributed by atoms with Gasteiger partial charge >= 0.3 is 6.09 Å². The van der Waals surface area contributed by atoms with E-state index in [9.17, 15) is 4.79 Å². The normalized spacial score (nSPS) is 23.2. The number of nitrogens with zero attached hydrogens (tertiary/aromatic N) is 3. The van der Waals surface area contributed by atoms with Crippen LogP contribution in [0.4, 0.5) is 4.79 Å². The highest BCUT2D eigenvalue weighted by molar-refractivity contribution is 14.0. The van der Waals surface area contributed by atoms with Gasteiger partial charge < -0.3 is 20.3 Å². The second-order valence-electron chi connectivity index (χ2n) is 8.30. The van der Waals surface area contributed by atoms with Crippen LogP contribution in [0.1, 0.15) is 53.4 Å². The maximum absolute atomic E-state index is 12.1.